The van der Waals surface area contributed by atoms with Crippen LogP contribution in [0.3, 0.4) is 0 Å². The molecule has 0 atom stereocenters. The Kier molecular flexibility index (Phi) is 4.61. The van der Waals surface area contributed by atoms with Crippen LogP contribution in [0.5, 0.6) is 0 Å². The van der Waals surface area contributed by atoms with Crippen LogP contribution in [-0.4, -0.2) is 10.5 Å². The number of amides is 1. The molecule has 0 aliphatic heterocycles. The number of anilines is 1. The zero-order valence-corrected chi connectivity index (χ0v) is 13.6. The Morgan fingerprint density at radius 2 is 1.72 bits per heavy atom. The number of hydrogen-bond acceptors (Lipinski definition) is 2. The van der Waals surface area contributed by atoms with Crippen LogP contribution in [-0.2, 0) is 6.54 Å². The molecule has 0 aliphatic rings. The lowest BCUT2D eigenvalue weighted by molar-refractivity contribution is 0.101. The number of aromatic nitrogens is 1. The molecule has 0 unspecified atom stereocenters. The molecular formula is C19H16F2N2O2. The molecule has 0 fully saturated rings. The van der Waals surface area contributed by atoms with Gasteiger partial charge in [-0.25, -0.2) is 8.78 Å². The van der Waals surface area contributed by atoms with Gasteiger partial charge in [0.1, 0.15) is 17.3 Å². The molecule has 0 saturated heterocycles. The highest BCUT2D eigenvalue weighted by Crippen LogP contribution is 2.16. The summed E-state index contributed by atoms with van der Waals surface area (Å²) in [4.78, 5) is 25.3. The Morgan fingerprint density at radius 3 is 2.40 bits per heavy atom. The van der Waals surface area contributed by atoms with E-state index in [1.54, 1.807) is 0 Å². The van der Waals surface area contributed by atoms with Gasteiger partial charge in [-0.1, -0.05) is 6.92 Å². The van der Waals surface area contributed by atoms with Gasteiger partial charge in [0.15, 0.2) is 0 Å². The van der Waals surface area contributed by atoms with Gasteiger partial charge in [-0.15, -0.1) is 0 Å². The van der Waals surface area contributed by atoms with Crippen LogP contribution in [0.25, 0.3) is 10.8 Å². The van der Waals surface area contributed by atoms with Crippen molar-refractivity contribution in [2.45, 2.75) is 19.9 Å². The van der Waals surface area contributed by atoms with Crippen molar-refractivity contribution in [3.05, 3.63) is 76.2 Å². The minimum Gasteiger partial charge on any atom is -0.321 e. The summed E-state index contributed by atoms with van der Waals surface area (Å²) in [5.41, 5.74) is 0.194. The van der Waals surface area contributed by atoms with E-state index in [-0.39, 0.29) is 11.3 Å². The molecule has 0 bridgehead atoms. The average Bonchev–Trinajstić information content (AvgIpc) is 2.59. The number of carbonyl (C=O) groups is 1. The maximum absolute atomic E-state index is 13.5. The van der Waals surface area contributed by atoms with Crippen molar-refractivity contribution in [3.63, 3.8) is 0 Å². The van der Waals surface area contributed by atoms with Crippen LogP contribution in [0.1, 0.15) is 23.8 Å². The van der Waals surface area contributed by atoms with Crippen LogP contribution in [0.15, 0.2) is 53.3 Å². The minimum absolute atomic E-state index is 0.134. The predicted molar refractivity (Wildman–Crippen MR) is 92.8 cm³/mol. The van der Waals surface area contributed by atoms with Crippen molar-refractivity contribution in [2.24, 2.45) is 0 Å². The highest BCUT2D eigenvalue weighted by atomic mass is 19.1. The Balaban J connectivity index is 2.09. The molecule has 1 N–H and O–H groups in total. The van der Waals surface area contributed by atoms with Gasteiger partial charge in [0, 0.05) is 17.6 Å². The van der Waals surface area contributed by atoms with Gasteiger partial charge in [0.05, 0.1) is 0 Å². The molecule has 3 rings (SSSR count). The van der Waals surface area contributed by atoms with Gasteiger partial charge in [-0.2, -0.15) is 0 Å². The third-order valence-electron chi connectivity index (χ3n) is 3.85. The highest BCUT2D eigenvalue weighted by Gasteiger charge is 2.16. The van der Waals surface area contributed by atoms with E-state index < -0.39 is 17.5 Å². The lowest BCUT2D eigenvalue weighted by Gasteiger charge is -2.14. The molecule has 1 aromatic heterocycles. The molecule has 25 heavy (non-hydrogen) atoms. The van der Waals surface area contributed by atoms with Crippen molar-refractivity contribution < 1.29 is 13.6 Å². The smallest absolute Gasteiger partial charge is 0.272 e. The third kappa shape index (κ3) is 3.42. The topological polar surface area (TPSA) is 51.1 Å². The molecule has 6 heteroatoms. The van der Waals surface area contributed by atoms with Gasteiger partial charge in [0.2, 0.25) is 0 Å². The van der Waals surface area contributed by atoms with Crippen molar-refractivity contribution in [2.75, 3.05) is 5.32 Å². The van der Waals surface area contributed by atoms with Crippen LogP contribution in [0.4, 0.5) is 14.5 Å². The molecule has 0 radical (unpaired) electrons. The maximum Gasteiger partial charge on any atom is 0.272 e. The number of rotatable bonds is 4. The first-order chi connectivity index (χ1) is 12.0. The second kappa shape index (κ2) is 6.84. The number of nitrogens with one attached hydrogen (secondary N) is 1. The van der Waals surface area contributed by atoms with Gasteiger partial charge < -0.3 is 9.88 Å². The average molecular weight is 342 g/mol. The Hall–Kier alpha value is -3.02. The predicted octanol–water partition coefficient (Wildman–Crippen LogP) is 3.94. The molecular weight excluding hydrogens is 326 g/mol. The summed E-state index contributed by atoms with van der Waals surface area (Å²) < 4.78 is 27.8. The Bertz CT molecular complexity index is 995. The number of pyridine rings is 1. The molecule has 3 aromatic rings. The van der Waals surface area contributed by atoms with Gasteiger partial charge in [-0.3, -0.25) is 9.59 Å². The first-order valence-corrected chi connectivity index (χ1v) is 7.89. The zero-order valence-electron chi connectivity index (χ0n) is 13.6. The number of halogens is 2. The minimum atomic E-state index is -0.511. The Labute approximate surface area is 142 Å². The van der Waals surface area contributed by atoms with Crippen LogP contribution in [0, 0.1) is 11.6 Å². The van der Waals surface area contributed by atoms with Crippen LogP contribution >= 0.6 is 0 Å². The molecule has 1 amide bonds. The summed E-state index contributed by atoms with van der Waals surface area (Å²) in [6.07, 6.45) is 0.656. The number of fused-ring (bicyclic) bond motifs is 1. The fourth-order valence-electron chi connectivity index (χ4n) is 2.69. The number of carbonyl (C=O) groups excluding carboxylic acids is 1. The number of benzene rings is 2. The van der Waals surface area contributed by atoms with E-state index in [9.17, 15) is 18.4 Å². The monoisotopic (exact) mass is 342 g/mol. The summed E-state index contributed by atoms with van der Waals surface area (Å²) in [6.45, 7) is 2.25. The lowest BCUT2D eigenvalue weighted by atomic mass is 10.1. The van der Waals surface area contributed by atoms with Gasteiger partial charge in [0.25, 0.3) is 11.5 Å². The Morgan fingerprint density at radius 1 is 1.04 bits per heavy atom. The molecule has 0 spiro atoms. The molecule has 128 valence electrons. The van der Waals surface area contributed by atoms with Crippen molar-refractivity contribution in [1.82, 2.24) is 4.57 Å². The third-order valence-corrected chi connectivity index (χ3v) is 3.85. The van der Waals surface area contributed by atoms with E-state index >= 15 is 0 Å². The fourth-order valence-corrected chi connectivity index (χ4v) is 2.69. The van der Waals surface area contributed by atoms with Crippen molar-refractivity contribution in [1.29, 1.82) is 0 Å². The summed E-state index contributed by atoms with van der Waals surface area (Å²) in [7, 11) is 0. The van der Waals surface area contributed by atoms with Crippen molar-refractivity contribution >= 4 is 22.4 Å². The standard InChI is InChI=1S/C19H16F2N2O2/c1-2-9-23-17(18(24)22-15-6-3-13(20)4-7-15)11-12-10-14(21)5-8-16(12)19(23)25/h3-8,10-11H,2,9H2,1H3,(H,22,24). The second-order valence-electron chi connectivity index (χ2n) is 5.68. The fraction of sp³-hybridized carbons (Fsp3) is 0.158. The molecule has 2 aromatic carbocycles. The maximum atomic E-state index is 13.5. The number of hydrogen-bond donors (Lipinski definition) is 1. The van der Waals surface area contributed by atoms with E-state index in [1.807, 2.05) is 6.92 Å². The largest absolute Gasteiger partial charge is 0.321 e. The normalized spacial score (nSPS) is 10.8. The zero-order chi connectivity index (χ0) is 18.0. The second-order valence-corrected chi connectivity index (χ2v) is 5.68. The van der Waals surface area contributed by atoms with Crippen LogP contribution < -0.4 is 10.9 Å². The molecule has 0 saturated carbocycles. The van der Waals surface area contributed by atoms with Gasteiger partial charge in [-0.05, 0) is 60.3 Å². The molecule has 4 nitrogen and oxygen atoms in total. The summed E-state index contributed by atoms with van der Waals surface area (Å²) in [5, 5.41) is 3.35. The van der Waals surface area contributed by atoms with Crippen molar-refractivity contribution in [3.8, 4) is 0 Å². The van der Waals surface area contributed by atoms with E-state index in [2.05, 4.69) is 5.32 Å². The van der Waals surface area contributed by atoms with E-state index in [4.69, 9.17) is 0 Å². The highest BCUT2D eigenvalue weighted by molar-refractivity contribution is 6.05. The first-order valence-electron chi connectivity index (χ1n) is 7.89. The van der Waals surface area contributed by atoms with E-state index in [0.717, 1.165) is 0 Å². The van der Waals surface area contributed by atoms with Crippen LogP contribution in [0.2, 0.25) is 0 Å². The number of nitrogens with zero attached hydrogens (tertiary/aromatic N) is 1. The first kappa shape index (κ1) is 16.8. The van der Waals surface area contributed by atoms with Gasteiger partial charge >= 0.3 is 0 Å². The summed E-state index contributed by atoms with van der Waals surface area (Å²) in [5.74, 6) is -1.41. The lowest BCUT2D eigenvalue weighted by Crippen LogP contribution is -2.28. The van der Waals surface area contributed by atoms with E-state index in [0.29, 0.717) is 29.4 Å². The van der Waals surface area contributed by atoms with E-state index in [1.165, 1.54) is 53.1 Å². The molecule has 0 aliphatic carbocycles. The summed E-state index contributed by atoms with van der Waals surface area (Å²) in [6, 6.07) is 10.7. The quantitative estimate of drug-likeness (QED) is 0.781. The summed E-state index contributed by atoms with van der Waals surface area (Å²) >= 11 is 0. The molecule has 1 heterocycles. The SMILES string of the molecule is CCCn1c(C(=O)Nc2ccc(F)cc2)cc2cc(F)ccc2c1=O.